The summed E-state index contributed by atoms with van der Waals surface area (Å²) in [4.78, 5) is 26.1. The van der Waals surface area contributed by atoms with Gasteiger partial charge in [-0.1, -0.05) is 32.8 Å². The van der Waals surface area contributed by atoms with Gasteiger partial charge in [-0.2, -0.15) is 0 Å². The summed E-state index contributed by atoms with van der Waals surface area (Å²) in [6, 6.07) is 5.28. The molecule has 1 aliphatic heterocycles. The van der Waals surface area contributed by atoms with Gasteiger partial charge in [0.2, 0.25) is 0 Å². The SMILES string of the molecule is CCC(CC)CN(CC)C(=O)c1cccc2c1OCC(=O)N2. The molecule has 5 nitrogen and oxygen atoms in total. The number of anilines is 1. The van der Waals surface area contributed by atoms with Crippen LogP contribution in [0.5, 0.6) is 5.75 Å². The average molecular weight is 304 g/mol. The van der Waals surface area contributed by atoms with E-state index in [1.807, 2.05) is 11.8 Å². The van der Waals surface area contributed by atoms with E-state index in [1.165, 1.54) is 0 Å². The molecule has 0 unspecified atom stereocenters. The molecule has 1 aromatic rings. The number of ether oxygens (including phenoxy) is 1. The zero-order chi connectivity index (χ0) is 16.1. The third kappa shape index (κ3) is 3.40. The third-order valence-electron chi connectivity index (χ3n) is 4.17. The van der Waals surface area contributed by atoms with Crippen LogP contribution in [-0.4, -0.2) is 36.4 Å². The second-order valence-corrected chi connectivity index (χ2v) is 5.55. The second-order valence-electron chi connectivity index (χ2n) is 5.55. The fraction of sp³-hybridized carbons (Fsp3) is 0.529. The molecule has 1 aromatic carbocycles. The summed E-state index contributed by atoms with van der Waals surface area (Å²) in [7, 11) is 0. The Balaban J connectivity index is 2.24. The minimum absolute atomic E-state index is 0.0394. The van der Waals surface area contributed by atoms with E-state index in [2.05, 4.69) is 19.2 Å². The topological polar surface area (TPSA) is 58.6 Å². The minimum Gasteiger partial charge on any atom is -0.481 e. The van der Waals surface area contributed by atoms with Crippen molar-refractivity contribution in [1.82, 2.24) is 4.90 Å². The molecule has 22 heavy (non-hydrogen) atoms. The molecule has 1 heterocycles. The Morgan fingerprint density at radius 3 is 2.68 bits per heavy atom. The van der Waals surface area contributed by atoms with Crippen LogP contribution in [0.25, 0.3) is 0 Å². The maximum Gasteiger partial charge on any atom is 0.262 e. The van der Waals surface area contributed by atoms with E-state index in [0.29, 0.717) is 29.5 Å². The van der Waals surface area contributed by atoms with E-state index < -0.39 is 0 Å². The normalized spacial score (nSPS) is 13.4. The number of hydrogen-bond donors (Lipinski definition) is 1. The lowest BCUT2D eigenvalue weighted by Gasteiger charge is -2.27. The number of hydrogen-bond acceptors (Lipinski definition) is 3. The van der Waals surface area contributed by atoms with Crippen molar-refractivity contribution in [2.45, 2.75) is 33.6 Å². The number of nitrogens with zero attached hydrogens (tertiary/aromatic N) is 1. The Labute approximate surface area is 131 Å². The van der Waals surface area contributed by atoms with Crippen LogP contribution in [-0.2, 0) is 4.79 Å². The number of rotatable bonds is 6. The number of para-hydroxylation sites is 1. The zero-order valence-corrected chi connectivity index (χ0v) is 13.5. The fourth-order valence-electron chi connectivity index (χ4n) is 2.67. The van der Waals surface area contributed by atoms with Crippen LogP contribution >= 0.6 is 0 Å². The first-order chi connectivity index (χ1) is 10.6. The second kappa shape index (κ2) is 7.29. The van der Waals surface area contributed by atoms with Crippen molar-refractivity contribution in [2.75, 3.05) is 25.0 Å². The van der Waals surface area contributed by atoms with E-state index in [1.54, 1.807) is 18.2 Å². The molecular weight excluding hydrogens is 280 g/mol. The number of nitrogens with one attached hydrogen (secondary N) is 1. The van der Waals surface area contributed by atoms with E-state index >= 15 is 0 Å². The molecule has 0 atom stereocenters. The summed E-state index contributed by atoms with van der Waals surface area (Å²) >= 11 is 0. The van der Waals surface area contributed by atoms with Gasteiger partial charge in [0.25, 0.3) is 11.8 Å². The Kier molecular flexibility index (Phi) is 5.41. The fourth-order valence-corrected chi connectivity index (χ4v) is 2.67. The first-order valence-corrected chi connectivity index (χ1v) is 7.95. The van der Waals surface area contributed by atoms with Crippen molar-refractivity contribution in [3.63, 3.8) is 0 Å². The number of carbonyl (C=O) groups is 2. The van der Waals surface area contributed by atoms with Gasteiger partial charge in [0.1, 0.15) is 0 Å². The van der Waals surface area contributed by atoms with Crippen LogP contribution in [0.15, 0.2) is 18.2 Å². The first kappa shape index (κ1) is 16.3. The molecule has 0 saturated heterocycles. The maximum atomic E-state index is 12.8. The average Bonchev–Trinajstić information content (AvgIpc) is 2.54. The monoisotopic (exact) mass is 304 g/mol. The van der Waals surface area contributed by atoms with Crippen molar-refractivity contribution in [3.8, 4) is 5.75 Å². The van der Waals surface area contributed by atoms with Crippen LogP contribution < -0.4 is 10.1 Å². The van der Waals surface area contributed by atoms with Crippen molar-refractivity contribution >= 4 is 17.5 Å². The summed E-state index contributed by atoms with van der Waals surface area (Å²) in [5.74, 6) is 0.753. The van der Waals surface area contributed by atoms with Gasteiger partial charge in [-0.3, -0.25) is 9.59 Å². The minimum atomic E-state index is -0.193. The molecule has 0 fully saturated rings. The van der Waals surface area contributed by atoms with Gasteiger partial charge in [-0.25, -0.2) is 0 Å². The molecular formula is C17H24N2O3. The highest BCUT2D eigenvalue weighted by Gasteiger charge is 2.25. The van der Waals surface area contributed by atoms with Crippen molar-refractivity contribution in [1.29, 1.82) is 0 Å². The van der Waals surface area contributed by atoms with Crippen molar-refractivity contribution in [3.05, 3.63) is 23.8 Å². The van der Waals surface area contributed by atoms with Crippen molar-refractivity contribution in [2.24, 2.45) is 5.92 Å². The number of carbonyl (C=O) groups excluding carboxylic acids is 2. The Bertz CT molecular complexity index is 553. The highest BCUT2D eigenvalue weighted by molar-refractivity contribution is 6.03. The van der Waals surface area contributed by atoms with Gasteiger partial charge in [0, 0.05) is 13.1 Å². The van der Waals surface area contributed by atoms with E-state index in [9.17, 15) is 9.59 Å². The first-order valence-electron chi connectivity index (χ1n) is 7.95. The van der Waals surface area contributed by atoms with Gasteiger partial charge >= 0.3 is 0 Å². The number of fused-ring (bicyclic) bond motifs is 1. The zero-order valence-electron chi connectivity index (χ0n) is 13.5. The molecule has 0 radical (unpaired) electrons. The number of benzene rings is 1. The highest BCUT2D eigenvalue weighted by Crippen LogP contribution is 2.32. The van der Waals surface area contributed by atoms with Crippen LogP contribution in [0, 0.1) is 5.92 Å². The van der Waals surface area contributed by atoms with E-state index in [4.69, 9.17) is 4.74 Å². The largest absolute Gasteiger partial charge is 0.481 e. The van der Waals surface area contributed by atoms with Gasteiger partial charge < -0.3 is 15.0 Å². The van der Waals surface area contributed by atoms with Crippen molar-refractivity contribution < 1.29 is 14.3 Å². The molecule has 2 amide bonds. The summed E-state index contributed by atoms with van der Waals surface area (Å²) < 4.78 is 5.48. The van der Waals surface area contributed by atoms with Crippen LogP contribution in [0.2, 0.25) is 0 Å². The van der Waals surface area contributed by atoms with Crippen LogP contribution in [0.1, 0.15) is 44.0 Å². The highest BCUT2D eigenvalue weighted by atomic mass is 16.5. The number of amides is 2. The lowest BCUT2D eigenvalue weighted by molar-refractivity contribution is -0.118. The van der Waals surface area contributed by atoms with Gasteiger partial charge in [0.15, 0.2) is 12.4 Å². The standard InChI is InChI=1S/C17H24N2O3/c1-4-12(5-2)10-19(6-3)17(21)13-8-7-9-14-16(13)22-11-15(20)18-14/h7-9,12H,4-6,10-11H2,1-3H3,(H,18,20). The molecule has 0 spiro atoms. The van der Waals surface area contributed by atoms with Gasteiger partial charge in [-0.05, 0) is 25.0 Å². The van der Waals surface area contributed by atoms with Gasteiger partial charge in [-0.15, -0.1) is 0 Å². The predicted octanol–water partition coefficient (Wildman–Crippen LogP) is 2.92. The molecule has 0 bridgehead atoms. The van der Waals surface area contributed by atoms with E-state index in [0.717, 1.165) is 19.4 Å². The molecule has 0 saturated carbocycles. The Morgan fingerprint density at radius 2 is 2.05 bits per heavy atom. The smallest absolute Gasteiger partial charge is 0.262 e. The maximum absolute atomic E-state index is 12.8. The van der Waals surface area contributed by atoms with Crippen LogP contribution in [0.4, 0.5) is 5.69 Å². The molecule has 0 aromatic heterocycles. The quantitative estimate of drug-likeness (QED) is 0.879. The summed E-state index contributed by atoms with van der Waals surface area (Å²) in [5, 5.41) is 2.74. The summed E-state index contributed by atoms with van der Waals surface area (Å²) in [6.45, 7) is 7.64. The molecule has 1 aliphatic rings. The summed E-state index contributed by atoms with van der Waals surface area (Å²) in [5.41, 5.74) is 1.09. The Morgan fingerprint density at radius 1 is 1.32 bits per heavy atom. The van der Waals surface area contributed by atoms with Crippen LogP contribution in [0.3, 0.4) is 0 Å². The predicted molar refractivity (Wildman–Crippen MR) is 86.2 cm³/mol. The molecule has 2 rings (SSSR count). The Hall–Kier alpha value is -2.04. The molecule has 0 aliphatic carbocycles. The van der Waals surface area contributed by atoms with Gasteiger partial charge in [0.05, 0.1) is 11.3 Å². The molecule has 1 N–H and O–H groups in total. The molecule has 120 valence electrons. The lowest BCUT2D eigenvalue weighted by atomic mass is 10.0. The molecule has 5 heteroatoms. The third-order valence-corrected chi connectivity index (χ3v) is 4.17. The van der Waals surface area contributed by atoms with E-state index in [-0.39, 0.29) is 18.4 Å². The lowest BCUT2D eigenvalue weighted by Crippen LogP contribution is -2.36. The summed E-state index contributed by atoms with van der Waals surface area (Å²) in [6.07, 6.45) is 2.11.